The van der Waals surface area contributed by atoms with E-state index in [0.717, 1.165) is 29.4 Å². The van der Waals surface area contributed by atoms with Gasteiger partial charge < -0.3 is 4.90 Å². The summed E-state index contributed by atoms with van der Waals surface area (Å²) in [5.41, 5.74) is 3.57. The molecule has 176 valence electrons. The predicted octanol–water partition coefficient (Wildman–Crippen LogP) is 5.81. The molecular formula is C24H25F3N2O2S2. The molecule has 0 spiro atoms. The van der Waals surface area contributed by atoms with Crippen LogP contribution in [0.15, 0.2) is 52.7 Å². The maximum atomic E-state index is 13.4. The number of anilines is 1. The van der Waals surface area contributed by atoms with Crippen LogP contribution in [-0.2, 0) is 22.4 Å². The van der Waals surface area contributed by atoms with Crippen molar-refractivity contribution in [1.82, 2.24) is 4.98 Å². The monoisotopic (exact) mass is 494 g/mol. The fraction of sp³-hybridized carbons (Fsp3) is 0.375. The Balaban J connectivity index is 1.45. The molecular weight excluding hydrogens is 469 g/mol. The van der Waals surface area contributed by atoms with E-state index in [1.165, 1.54) is 40.2 Å². The Hall–Kier alpha value is -2.39. The number of thiazole rings is 1. The van der Waals surface area contributed by atoms with Gasteiger partial charge in [-0.2, -0.15) is 13.2 Å². The van der Waals surface area contributed by atoms with Crippen LogP contribution in [-0.4, -0.2) is 31.7 Å². The van der Waals surface area contributed by atoms with E-state index in [9.17, 15) is 21.6 Å². The van der Waals surface area contributed by atoms with Crippen molar-refractivity contribution < 1.29 is 21.6 Å². The van der Waals surface area contributed by atoms with Crippen molar-refractivity contribution >= 4 is 26.3 Å². The molecule has 1 saturated heterocycles. The summed E-state index contributed by atoms with van der Waals surface area (Å²) in [4.78, 5) is 6.14. The number of halogens is 3. The third kappa shape index (κ3) is 4.94. The van der Waals surface area contributed by atoms with E-state index in [0.29, 0.717) is 13.1 Å². The highest BCUT2D eigenvalue weighted by atomic mass is 32.2. The standard InChI is InChI=1S/C24H25F3N2O2S2/c1-16-6-5-7-18(17(16)2)14-19-15-32-23(28-19)29-12-10-20(11-13-29)33(30,31)22-9-4-3-8-21(22)24(25,26)27/h3-9,15,20H,10-14H2,1-2H3. The van der Waals surface area contributed by atoms with Crippen LogP contribution >= 0.6 is 11.3 Å². The van der Waals surface area contributed by atoms with E-state index >= 15 is 0 Å². The molecule has 0 saturated carbocycles. The minimum absolute atomic E-state index is 0.264. The highest BCUT2D eigenvalue weighted by molar-refractivity contribution is 7.92. The Bertz CT molecular complexity index is 1240. The van der Waals surface area contributed by atoms with Gasteiger partial charge in [0, 0.05) is 24.9 Å². The van der Waals surface area contributed by atoms with Crippen LogP contribution in [0.5, 0.6) is 0 Å². The SMILES string of the molecule is Cc1cccc(Cc2csc(N3CCC(S(=O)(=O)c4ccccc4C(F)(F)F)CC3)n2)c1C. The van der Waals surface area contributed by atoms with Crippen molar-refractivity contribution in [1.29, 1.82) is 0 Å². The van der Waals surface area contributed by atoms with Crippen LogP contribution in [0, 0.1) is 13.8 Å². The van der Waals surface area contributed by atoms with Crippen molar-refractivity contribution in [2.75, 3.05) is 18.0 Å². The lowest BCUT2D eigenvalue weighted by Gasteiger charge is -2.31. The van der Waals surface area contributed by atoms with Gasteiger partial charge in [-0.1, -0.05) is 30.3 Å². The molecule has 1 fully saturated rings. The minimum Gasteiger partial charge on any atom is -0.348 e. The predicted molar refractivity (Wildman–Crippen MR) is 125 cm³/mol. The first-order valence-corrected chi connectivity index (χ1v) is 13.1. The van der Waals surface area contributed by atoms with E-state index in [4.69, 9.17) is 4.98 Å². The Morgan fingerprint density at radius 2 is 1.76 bits per heavy atom. The smallest absolute Gasteiger partial charge is 0.348 e. The van der Waals surface area contributed by atoms with E-state index in [1.54, 1.807) is 0 Å². The molecule has 4 rings (SSSR count). The number of nitrogens with zero attached hydrogens (tertiary/aromatic N) is 2. The van der Waals surface area contributed by atoms with Gasteiger partial charge >= 0.3 is 6.18 Å². The quantitative estimate of drug-likeness (QED) is 0.449. The van der Waals surface area contributed by atoms with Crippen molar-refractivity contribution in [3.63, 3.8) is 0 Å². The van der Waals surface area contributed by atoms with E-state index in [1.807, 2.05) is 16.3 Å². The summed E-state index contributed by atoms with van der Waals surface area (Å²) in [6.45, 7) is 5.06. The van der Waals surface area contributed by atoms with E-state index < -0.39 is 31.7 Å². The van der Waals surface area contributed by atoms with Crippen LogP contribution in [0.4, 0.5) is 18.3 Å². The summed E-state index contributed by atoms with van der Waals surface area (Å²) < 4.78 is 66.1. The largest absolute Gasteiger partial charge is 0.417 e. The minimum atomic E-state index is -4.71. The second kappa shape index (κ2) is 9.10. The van der Waals surface area contributed by atoms with Crippen LogP contribution in [0.3, 0.4) is 0 Å². The Morgan fingerprint density at radius 1 is 1.06 bits per heavy atom. The molecule has 0 radical (unpaired) electrons. The van der Waals surface area contributed by atoms with Gasteiger partial charge in [0.1, 0.15) is 0 Å². The zero-order valence-corrected chi connectivity index (χ0v) is 20.0. The zero-order valence-electron chi connectivity index (χ0n) is 18.4. The maximum Gasteiger partial charge on any atom is 0.417 e. The number of hydrogen-bond acceptors (Lipinski definition) is 5. The van der Waals surface area contributed by atoms with Gasteiger partial charge in [0.2, 0.25) is 0 Å². The number of aryl methyl sites for hydroxylation is 1. The molecule has 0 bridgehead atoms. The first-order valence-electron chi connectivity index (χ1n) is 10.7. The fourth-order valence-corrected chi connectivity index (χ4v) is 7.04. The van der Waals surface area contributed by atoms with Crippen molar-refractivity contribution in [2.45, 2.75) is 49.4 Å². The highest BCUT2D eigenvalue weighted by Crippen LogP contribution is 2.37. The fourth-order valence-electron chi connectivity index (χ4n) is 4.21. The van der Waals surface area contributed by atoms with Crippen LogP contribution in [0.1, 0.15) is 40.8 Å². The molecule has 2 heterocycles. The van der Waals surface area contributed by atoms with Crippen molar-refractivity contribution in [2.24, 2.45) is 0 Å². The Morgan fingerprint density at radius 3 is 2.45 bits per heavy atom. The third-order valence-corrected chi connectivity index (χ3v) is 9.55. The van der Waals surface area contributed by atoms with Gasteiger partial charge in [-0.3, -0.25) is 0 Å². The summed E-state index contributed by atoms with van der Waals surface area (Å²) in [6, 6.07) is 10.6. The maximum absolute atomic E-state index is 13.4. The summed E-state index contributed by atoms with van der Waals surface area (Å²) >= 11 is 1.51. The molecule has 0 unspecified atom stereocenters. The first-order chi connectivity index (χ1) is 15.6. The van der Waals surface area contributed by atoms with Crippen LogP contribution in [0.2, 0.25) is 0 Å². The summed E-state index contributed by atoms with van der Waals surface area (Å²) in [5.74, 6) is 0. The van der Waals surface area contributed by atoms with E-state index in [2.05, 4.69) is 26.0 Å². The van der Waals surface area contributed by atoms with Gasteiger partial charge in [-0.25, -0.2) is 13.4 Å². The number of piperidine rings is 1. The lowest BCUT2D eigenvalue weighted by Crippen LogP contribution is -2.39. The second-order valence-corrected chi connectivity index (χ2v) is 11.4. The molecule has 0 amide bonds. The molecule has 2 aromatic carbocycles. The van der Waals surface area contributed by atoms with Gasteiger partial charge in [0.25, 0.3) is 0 Å². The molecule has 0 atom stereocenters. The first kappa shape index (κ1) is 23.8. The molecule has 3 aromatic rings. The molecule has 9 heteroatoms. The molecule has 1 aliphatic heterocycles. The van der Waals surface area contributed by atoms with Gasteiger partial charge in [-0.15, -0.1) is 11.3 Å². The molecule has 1 aliphatic rings. The molecule has 33 heavy (non-hydrogen) atoms. The molecule has 1 aromatic heterocycles. The Labute approximate surface area is 196 Å². The van der Waals surface area contributed by atoms with Gasteiger partial charge in [-0.05, 0) is 55.5 Å². The van der Waals surface area contributed by atoms with E-state index in [-0.39, 0.29) is 12.8 Å². The number of benzene rings is 2. The van der Waals surface area contributed by atoms with Gasteiger partial charge in [0.05, 0.1) is 21.4 Å². The highest BCUT2D eigenvalue weighted by Gasteiger charge is 2.40. The normalized spacial score (nSPS) is 15.7. The van der Waals surface area contributed by atoms with Crippen LogP contribution < -0.4 is 4.90 Å². The topological polar surface area (TPSA) is 50.3 Å². The van der Waals surface area contributed by atoms with Gasteiger partial charge in [0.15, 0.2) is 15.0 Å². The molecule has 0 N–H and O–H groups in total. The Kier molecular flexibility index (Phi) is 6.55. The van der Waals surface area contributed by atoms with Crippen molar-refractivity contribution in [3.8, 4) is 0 Å². The summed E-state index contributed by atoms with van der Waals surface area (Å²) in [5, 5.41) is 1.99. The number of rotatable bonds is 5. The third-order valence-electron chi connectivity index (χ3n) is 6.28. The summed E-state index contributed by atoms with van der Waals surface area (Å²) in [6.07, 6.45) is -3.46. The lowest BCUT2D eigenvalue weighted by molar-refractivity contribution is -0.139. The lowest BCUT2D eigenvalue weighted by atomic mass is 10.0. The van der Waals surface area contributed by atoms with Crippen molar-refractivity contribution in [3.05, 3.63) is 75.8 Å². The second-order valence-electron chi connectivity index (χ2n) is 8.38. The molecule has 4 nitrogen and oxygen atoms in total. The number of sulfone groups is 1. The number of aromatic nitrogens is 1. The zero-order chi connectivity index (χ0) is 23.8. The summed E-state index contributed by atoms with van der Waals surface area (Å²) in [7, 11) is -4.09. The average Bonchev–Trinajstić information content (AvgIpc) is 3.25. The molecule has 0 aliphatic carbocycles. The average molecular weight is 495 g/mol. The number of hydrogen-bond donors (Lipinski definition) is 0. The number of alkyl halides is 3. The van der Waals surface area contributed by atoms with Crippen LogP contribution in [0.25, 0.3) is 0 Å².